The molecule has 0 unspecified atom stereocenters. The summed E-state index contributed by atoms with van der Waals surface area (Å²) in [5, 5.41) is 9.02. The molecule has 0 atom stereocenters. The average Bonchev–Trinajstić information content (AvgIpc) is 2.46. The van der Waals surface area contributed by atoms with E-state index in [0.29, 0.717) is 11.1 Å². The Bertz CT molecular complexity index is 1080. The lowest BCUT2D eigenvalue weighted by molar-refractivity contribution is 0.545. The summed E-state index contributed by atoms with van der Waals surface area (Å²) in [6.45, 7) is 0. The zero-order valence-corrected chi connectivity index (χ0v) is 11.2. The molecule has 0 amide bonds. The Balaban J connectivity index is 2.22. The minimum Gasteiger partial charge on any atom is -0.405 e. The third-order valence-electron chi connectivity index (χ3n) is 3.17. The van der Waals surface area contributed by atoms with Gasteiger partial charge in [0.2, 0.25) is 5.71 Å². The van der Waals surface area contributed by atoms with Crippen molar-refractivity contribution < 1.29 is 4.42 Å². The molecule has 0 aliphatic carbocycles. The average molecular weight is 295 g/mol. The molecule has 0 saturated heterocycles. The van der Waals surface area contributed by atoms with Crippen LogP contribution in [0.1, 0.15) is 16.7 Å². The molecule has 3 aromatic rings. The maximum atomic E-state index is 12.0. The van der Waals surface area contributed by atoms with Crippen LogP contribution in [-0.4, -0.2) is 9.97 Å². The van der Waals surface area contributed by atoms with Crippen LogP contribution in [0.4, 0.5) is 0 Å². The number of benzene rings is 1. The lowest BCUT2D eigenvalue weighted by atomic mass is 10.0. The van der Waals surface area contributed by atoms with Crippen LogP contribution < -0.4 is 16.9 Å². The molecule has 7 nitrogen and oxygen atoms in total. The van der Waals surface area contributed by atoms with Crippen LogP contribution in [0.5, 0.6) is 0 Å². The highest BCUT2D eigenvalue weighted by Gasteiger charge is 2.11. The Labute approximate surface area is 122 Å². The third-order valence-corrected chi connectivity index (χ3v) is 3.17. The van der Waals surface area contributed by atoms with Gasteiger partial charge in [0, 0.05) is 6.07 Å². The van der Waals surface area contributed by atoms with Gasteiger partial charge >= 0.3 is 11.3 Å². The molecule has 108 valence electrons. The number of hydrogen-bond acceptors (Lipinski definition) is 5. The first kappa shape index (κ1) is 13.6. The summed E-state index contributed by atoms with van der Waals surface area (Å²) in [5.74, 6) is 0. The van der Waals surface area contributed by atoms with Gasteiger partial charge in [-0.25, -0.2) is 9.59 Å². The topological polar surface area (TPSA) is 120 Å². The van der Waals surface area contributed by atoms with Crippen LogP contribution in [0, 0.1) is 11.3 Å². The Morgan fingerprint density at radius 2 is 1.95 bits per heavy atom. The van der Waals surface area contributed by atoms with E-state index in [1.807, 2.05) is 6.07 Å². The van der Waals surface area contributed by atoms with Gasteiger partial charge in [-0.05, 0) is 29.7 Å². The van der Waals surface area contributed by atoms with Crippen molar-refractivity contribution in [2.24, 2.45) is 0 Å². The Morgan fingerprint density at radius 1 is 1.14 bits per heavy atom. The first-order chi connectivity index (χ1) is 10.6. The maximum Gasteiger partial charge on any atom is 0.337 e. The van der Waals surface area contributed by atoms with E-state index in [4.69, 9.17) is 9.68 Å². The maximum absolute atomic E-state index is 12.0. The number of fused-ring (bicyclic) bond motifs is 1. The fourth-order valence-corrected chi connectivity index (χ4v) is 2.29. The third kappa shape index (κ3) is 2.45. The van der Waals surface area contributed by atoms with Gasteiger partial charge in [-0.3, -0.25) is 14.8 Å². The molecule has 0 fully saturated rings. The van der Waals surface area contributed by atoms with Gasteiger partial charge in [0.25, 0.3) is 5.56 Å². The minimum atomic E-state index is -0.746. The van der Waals surface area contributed by atoms with Crippen LogP contribution in [0.15, 0.2) is 49.1 Å². The van der Waals surface area contributed by atoms with Gasteiger partial charge in [0.1, 0.15) is 5.39 Å². The lowest BCUT2D eigenvalue weighted by Gasteiger charge is -2.04. The first-order valence-corrected chi connectivity index (χ1v) is 6.35. The summed E-state index contributed by atoms with van der Waals surface area (Å²) in [6.07, 6.45) is 0.257. The zero-order chi connectivity index (χ0) is 15.7. The molecule has 0 spiro atoms. The molecule has 22 heavy (non-hydrogen) atoms. The predicted octanol–water partition coefficient (Wildman–Crippen LogP) is 0.632. The SMILES string of the molecule is N#Cc1cccc(Cc2cc(=O)oc3[nH]c(=O)[nH]c(=O)c23)c1. The number of aromatic amines is 2. The monoisotopic (exact) mass is 295 g/mol. The summed E-state index contributed by atoms with van der Waals surface area (Å²) in [4.78, 5) is 39.2. The fraction of sp³-hybridized carbons (Fsp3) is 0.0667. The van der Waals surface area contributed by atoms with E-state index in [2.05, 4.69) is 9.97 Å². The van der Waals surface area contributed by atoms with Crippen LogP contribution in [0.25, 0.3) is 11.1 Å². The number of rotatable bonds is 2. The minimum absolute atomic E-state index is 0.113. The number of nitrogens with zero attached hydrogens (tertiary/aromatic N) is 1. The molecule has 0 aliphatic rings. The summed E-state index contributed by atoms with van der Waals surface area (Å²) in [6, 6.07) is 10.0. The van der Waals surface area contributed by atoms with Crippen LogP contribution in [0.2, 0.25) is 0 Å². The molecule has 0 radical (unpaired) electrons. The summed E-state index contributed by atoms with van der Waals surface area (Å²) >= 11 is 0. The van der Waals surface area contributed by atoms with E-state index in [9.17, 15) is 14.4 Å². The molecule has 0 aliphatic heterocycles. The lowest BCUT2D eigenvalue weighted by Crippen LogP contribution is -2.24. The molecule has 2 aromatic heterocycles. The standard InChI is InChI=1S/C15H9N3O4/c16-7-9-3-1-2-8(4-9)5-10-6-11(19)22-14-12(10)13(20)17-15(21)18-14/h1-4,6H,5H2,(H2,17,18,20,21). The number of nitrogens with one attached hydrogen (secondary N) is 2. The van der Waals surface area contributed by atoms with E-state index in [0.717, 1.165) is 5.56 Å². The van der Waals surface area contributed by atoms with Crippen molar-refractivity contribution in [3.05, 3.63) is 78.3 Å². The van der Waals surface area contributed by atoms with Gasteiger partial charge in [0.05, 0.1) is 11.6 Å². The number of aromatic nitrogens is 2. The molecule has 3 rings (SSSR count). The summed E-state index contributed by atoms with van der Waals surface area (Å²) in [5.41, 5.74) is -0.548. The Hall–Kier alpha value is -3.40. The van der Waals surface area contributed by atoms with Crippen molar-refractivity contribution in [1.82, 2.24) is 9.97 Å². The second-order valence-electron chi connectivity index (χ2n) is 4.69. The van der Waals surface area contributed by atoms with E-state index < -0.39 is 16.9 Å². The van der Waals surface area contributed by atoms with Crippen molar-refractivity contribution in [1.29, 1.82) is 5.26 Å². The molecular weight excluding hydrogens is 286 g/mol. The Morgan fingerprint density at radius 3 is 2.73 bits per heavy atom. The normalized spacial score (nSPS) is 10.5. The van der Waals surface area contributed by atoms with Crippen molar-refractivity contribution in [2.45, 2.75) is 6.42 Å². The molecule has 2 heterocycles. The summed E-state index contributed by atoms with van der Waals surface area (Å²) < 4.78 is 4.86. The number of H-pyrrole nitrogens is 2. The quantitative estimate of drug-likeness (QED) is 0.718. The highest BCUT2D eigenvalue weighted by atomic mass is 16.4. The van der Waals surface area contributed by atoms with Gasteiger partial charge < -0.3 is 4.42 Å². The van der Waals surface area contributed by atoms with Gasteiger partial charge in [-0.2, -0.15) is 5.26 Å². The van der Waals surface area contributed by atoms with Gasteiger partial charge in [0.15, 0.2) is 0 Å². The Kier molecular flexibility index (Phi) is 3.20. The molecule has 7 heteroatoms. The molecule has 0 bridgehead atoms. The largest absolute Gasteiger partial charge is 0.405 e. The molecule has 0 saturated carbocycles. The van der Waals surface area contributed by atoms with Crippen molar-refractivity contribution >= 4 is 11.1 Å². The van der Waals surface area contributed by atoms with E-state index in [1.165, 1.54) is 6.07 Å². The van der Waals surface area contributed by atoms with Crippen LogP contribution in [-0.2, 0) is 6.42 Å². The number of nitriles is 1. The fourth-order valence-electron chi connectivity index (χ4n) is 2.29. The van der Waals surface area contributed by atoms with E-state index in [1.54, 1.807) is 24.3 Å². The smallest absolute Gasteiger partial charge is 0.337 e. The van der Waals surface area contributed by atoms with Crippen LogP contribution >= 0.6 is 0 Å². The van der Waals surface area contributed by atoms with Crippen molar-refractivity contribution in [3.8, 4) is 6.07 Å². The second kappa shape index (κ2) is 5.18. The zero-order valence-electron chi connectivity index (χ0n) is 11.2. The second-order valence-corrected chi connectivity index (χ2v) is 4.69. The molecule has 1 aromatic carbocycles. The predicted molar refractivity (Wildman–Crippen MR) is 77.7 cm³/mol. The first-order valence-electron chi connectivity index (χ1n) is 6.35. The summed E-state index contributed by atoms with van der Waals surface area (Å²) in [7, 11) is 0. The highest BCUT2D eigenvalue weighted by Crippen LogP contribution is 2.15. The van der Waals surface area contributed by atoms with Gasteiger partial charge in [-0.1, -0.05) is 12.1 Å². The van der Waals surface area contributed by atoms with Crippen molar-refractivity contribution in [3.63, 3.8) is 0 Å². The van der Waals surface area contributed by atoms with E-state index >= 15 is 0 Å². The molecular formula is C15H9N3O4. The van der Waals surface area contributed by atoms with E-state index in [-0.39, 0.29) is 17.5 Å². The van der Waals surface area contributed by atoms with Gasteiger partial charge in [-0.15, -0.1) is 0 Å². The van der Waals surface area contributed by atoms with Crippen molar-refractivity contribution in [2.75, 3.05) is 0 Å². The molecule has 2 N–H and O–H groups in total. The highest BCUT2D eigenvalue weighted by molar-refractivity contribution is 5.75. The number of hydrogen-bond donors (Lipinski definition) is 2. The van der Waals surface area contributed by atoms with Crippen LogP contribution in [0.3, 0.4) is 0 Å².